The normalized spacial score (nSPS) is 27.1. The zero-order valence-electron chi connectivity index (χ0n) is 49.1. The average Bonchev–Trinajstić information content (AvgIpc) is 1.71. The van der Waals surface area contributed by atoms with Gasteiger partial charge in [0.25, 0.3) is 11.7 Å². The second-order valence-corrected chi connectivity index (χ2v) is 22.8. The fraction of sp³-hybridized carbons (Fsp3) is 0.429. The van der Waals surface area contributed by atoms with Crippen LogP contribution < -0.4 is 25.1 Å². The van der Waals surface area contributed by atoms with Crippen molar-refractivity contribution in [2.75, 3.05) is 37.5 Å². The molecule has 7 N–H and O–H groups in total. The van der Waals surface area contributed by atoms with E-state index in [1.807, 2.05) is 4.57 Å². The number of ketones is 1. The number of aromatic hydroxyl groups is 3. The first-order valence-electron chi connectivity index (χ1n) is 28.2. The molecule has 0 radical (unpaired) electrons. The fourth-order valence-corrected chi connectivity index (χ4v) is 11.9. The van der Waals surface area contributed by atoms with Gasteiger partial charge < -0.3 is 69.1 Å². The van der Waals surface area contributed by atoms with Gasteiger partial charge in [0.1, 0.15) is 34.8 Å². The number of ether oxygens (including phenoxy) is 5. The SMILES string of the molecule is C=C(O)c1cn(C2CC2)c2c(OC)c(N3CCC(N(Cc4ccccn4)/N=C\c4c5c(O)c6c(O)c(C)c7c(c6c4O)C(=O)[C@@](C)(O/C=C/[C@H](OC)[C@@H](C)[C@@H](OC(C)=O)[C@H](C)[C@H](O)[C@H](C)[C@@H](O)[C@@H](C)/C=C/C=C(/C)C(=O)N5)O7)C3)c(F)cc2c1=O. The molecule has 85 heavy (non-hydrogen) atoms. The van der Waals surface area contributed by atoms with Gasteiger partial charge in [0, 0.05) is 92.7 Å². The molecule has 1 unspecified atom stereocenters. The number of allylic oxidation sites excluding steroid dienone is 2. The molecule has 1 amide bonds. The number of phenolic OH excluding ortho intramolecular Hbond substituents is 3. The molecule has 0 spiro atoms. The number of hydrogen-bond acceptors (Lipinski definition) is 19. The maximum absolute atomic E-state index is 16.8. The molecule has 2 fully saturated rings. The van der Waals surface area contributed by atoms with E-state index in [-0.39, 0.29) is 81.5 Å². The van der Waals surface area contributed by atoms with Crippen LogP contribution >= 0.6 is 0 Å². The van der Waals surface area contributed by atoms with Gasteiger partial charge in [0.15, 0.2) is 17.3 Å². The Balaban J connectivity index is 1.17. The number of aromatic nitrogens is 2. The smallest absolute Gasteiger partial charge is 0.312 e. The van der Waals surface area contributed by atoms with E-state index < -0.39 is 123 Å². The van der Waals surface area contributed by atoms with Gasteiger partial charge in [-0.15, -0.1) is 0 Å². The van der Waals surface area contributed by atoms with Crippen LogP contribution in [0.15, 0.2) is 89.3 Å². The minimum Gasteiger partial charge on any atom is -0.508 e. The van der Waals surface area contributed by atoms with E-state index in [0.717, 1.165) is 25.2 Å². The number of hydrazone groups is 1. The zero-order chi connectivity index (χ0) is 61.7. The second kappa shape index (κ2) is 24.3. The van der Waals surface area contributed by atoms with E-state index in [9.17, 15) is 49.8 Å². The Morgan fingerprint density at radius 2 is 1.73 bits per heavy atom. The monoisotopic (exact) mass is 1170 g/mol. The summed E-state index contributed by atoms with van der Waals surface area (Å²) in [6.45, 7) is 16.3. The molecular formula is C63H73FN6O15. The Morgan fingerprint density at radius 1 is 1.00 bits per heavy atom. The number of amides is 1. The third-order valence-corrected chi connectivity index (χ3v) is 17.0. The topological polar surface area (TPSA) is 284 Å². The molecule has 5 bridgehead atoms. The molecule has 21 nitrogen and oxygen atoms in total. The van der Waals surface area contributed by atoms with E-state index in [4.69, 9.17) is 28.8 Å². The van der Waals surface area contributed by atoms with Gasteiger partial charge in [0.05, 0.1) is 94.8 Å². The molecule has 10 atom stereocenters. The number of anilines is 2. The van der Waals surface area contributed by atoms with E-state index in [1.165, 1.54) is 66.5 Å². The summed E-state index contributed by atoms with van der Waals surface area (Å²) in [4.78, 5) is 61.9. The molecule has 3 aromatic carbocycles. The molecule has 5 aliphatic rings. The first kappa shape index (κ1) is 61.1. The van der Waals surface area contributed by atoms with Crippen molar-refractivity contribution >= 4 is 62.7 Å². The van der Waals surface area contributed by atoms with Crippen LogP contribution in [0.4, 0.5) is 15.8 Å². The van der Waals surface area contributed by atoms with Crippen LogP contribution in [-0.2, 0) is 30.3 Å². The number of benzene rings is 3. The number of hydrogen-bond donors (Lipinski definition) is 7. The molecule has 10 rings (SSSR count). The number of fused-ring (bicyclic) bond motifs is 15. The number of carbonyl (C=O) groups is 3. The van der Waals surface area contributed by atoms with Crippen LogP contribution in [-0.4, -0.2) is 133 Å². The van der Waals surface area contributed by atoms with E-state index in [0.29, 0.717) is 17.6 Å². The third-order valence-electron chi connectivity index (χ3n) is 17.0. The summed E-state index contributed by atoms with van der Waals surface area (Å²) in [5, 5.41) is 79.4. The Bertz CT molecular complexity index is 3670. The lowest BCUT2D eigenvalue weighted by Gasteiger charge is -2.38. The van der Waals surface area contributed by atoms with Gasteiger partial charge in [-0.05, 0) is 57.4 Å². The highest BCUT2D eigenvalue weighted by molar-refractivity contribution is 6.24. The molecule has 452 valence electrons. The van der Waals surface area contributed by atoms with Crippen molar-refractivity contribution < 1.29 is 73.1 Å². The number of aliphatic hydroxyl groups excluding tert-OH is 3. The molecule has 4 aliphatic heterocycles. The number of halogens is 1. The minimum atomic E-state index is -2.17. The Morgan fingerprint density at radius 3 is 2.38 bits per heavy atom. The lowest BCUT2D eigenvalue weighted by molar-refractivity contribution is -0.160. The number of carbonyl (C=O) groups excluding carboxylic acids is 3. The number of esters is 1. The second-order valence-electron chi connectivity index (χ2n) is 22.8. The van der Waals surface area contributed by atoms with Crippen LogP contribution in [0.25, 0.3) is 27.4 Å². The van der Waals surface area contributed by atoms with Crippen molar-refractivity contribution in [2.45, 2.75) is 123 Å². The third kappa shape index (κ3) is 11.5. The van der Waals surface area contributed by atoms with Crippen LogP contribution in [0.3, 0.4) is 0 Å². The predicted octanol–water partition coefficient (Wildman–Crippen LogP) is 8.59. The van der Waals surface area contributed by atoms with Crippen LogP contribution in [0.5, 0.6) is 28.7 Å². The number of nitrogens with zero attached hydrogens (tertiary/aromatic N) is 5. The summed E-state index contributed by atoms with van der Waals surface area (Å²) in [6.07, 6.45) is 9.36. The maximum Gasteiger partial charge on any atom is 0.312 e. The summed E-state index contributed by atoms with van der Waals surface area (Å²) in [7, 11) is 2.81. The summed E-state index contributed by atoms with van der Waals surface area (Å²) in [5.41, 5.74) is -0.615. The highest BCUT2D eigenvalue weighted by atomic mass is 19.1. The van der Waals surface area contributed by atoms with E-state index in [1.54, 1.807) is 74.2 Å². The first-order chi connectivity index (χ1) is 40.3. The van der Waals surface area contributed by atoms with Gasteiger partial charge >= 0.3 is 11.8 Å². The largest absolute Gasteiger partial charge is 0.508 e. The number of rotatable bonds is 11. The highest BCUT2D eigenvalue weighted by Crippen LogP contribution is 2.55. The summed E-state index contributed by atoms with van der Waals surface area (Å²) >= 11 is 0. The zero-order valence-corrected chi connectivity index (χ0v) is 49.1. The van der Waals surface area contributed by atoms with Crippen molar-refractivity contribution in [3.05, 3.63) is 123 Å². The van der Waals surface area contributed by atoms with Crippen molar-refractivity contribution in [3.8, 4) is 28.7 Å². The van der Waals surface area contributed by atoms with Crippen molar-refractivity contribution in [1.82, 2.24) is 14.6 Å². The Hall–Kier alpha value is -8.47. The Labute approximate surface area is 490 Å². The molecule has 1 saturated carbocycles. The van der Waals surface area contributed by atoms with Gasteiger partial charge in [-0.25, -0.2) is 4.39 Å². The minimum absolute atomic E-state index is 0.0123. The van der Waals surface area contributed by atoms with E-state index >= 15 is 4.39 Å². The van der Waals surface area contributed by atoms with Crippen molar-refractivity contribution in [3.63, 3.8) is 0 Å². The van der Waals surface area contributed by atoms with Gasteiger partial charge in [-0.2, -0.15) is 5.10 Å². The molecule has 1 saturated heterocycles. The molecule has 2 aromatic heterocycles. The van der Waals surface area contributed by atoms with Gasteiger partial charge in [-0.3, -0.25) is 29.2 Å². The molecule has 1 aliphatic carbocycles. The molecule has 5 aromatic rings. The van der Waals surface area contributed by atoms with Gasteiger partial charge in [-0.1, -0.05) is 58.6 Å². The van der Waals surface area contributed by atoms with Crippen molar-refractivity contribution in [2.24, 2.45) is 28.8 Å². The lowest BCUT2D eigenvalue weighted by atomic mass is 9.78. The van der Waals surface area contributed by atoms with Crippen molar-refractivity contribution in [1.29, 1.82) is 0 Å². The quantitative estimate of drug-likeness (QED) is 0.0163. The standard InChI is InChI=1S/C63H73FN6O15/c1-30-15-14-16-31(2)62(80)67-49-42(26-66-70(27-38-17-12-13-22-65-38)40-20-23-68(28-40)51-44(64)25-41-50(60(51)82-11)69(39-18-19-39)29-43(36(7)71)55(41)76)56(77)46-47(57(49)78)54(75)35(6)59-48(46)61(79)63(9,85-59)83-24-21-45(81-10)32(3)58(84-37(8)72)34(5)53(74)33(4)52(30)73/h12-17,21-22,24-26,29-30,32-34,39-40,45,52-53,58,71,73-75,77-78H,7,18-20,23,27-28H2,1-6,8-11H3,(H,67,80)/b15-14+,24-21+,31-16-,66-26-/t30-,32+,33+,34+,40?,45-,52-,53+,58+,63-/m0/s1. The Kier molecular flexibility index (Phi) is 17.4. The summed E-state index contributed by atoms with van der Waals surface area (Å²) in [5.74, 6) is -10.5. The van der Waals surface area contributed by atoms with E-state index in [2.05, 4.69) is 16.9 Å². The van der Waals surface area contributed by atoms with Crippen LogP contribution in [0, 0.1) is 36.4 Å². The number of phenols is 3. The number of pyridine rings is 2. The number of Topliss-reactive ketones (excluding diaryl/α,β-unsaturated/α-hetero) is 1. The summed E-state index contributed by atoms with van der Waals surface area (Å²) in [6, 6.07) is 5.87. The summed E-state index contributed by atoms with van der Waals surface area (Å²) < 4.78 is 48.5. The maximum atomic E-state index is 16.8. The molecular weight excluding hydrogens is 1100 g/mol. The molecule has 22 heteroatoms. The fourth-order valence-electron chi connectivity index (χ4n) is 11.9. The number of methoxy groups -OCH3 is 2. The highest BCUT2D eigenvalue weighted by Gasteiger charge is 2.50. The first-order valence-corrected chi connectivity index (χ1v) is 28.2. The predicted molar refractivity (Wildman–Crippen MR) is 316 cm³/mol. The van der Waals surface area contributed by atoms with Gasteiger partial charge in [0.2, 0.25) is 5.43 Å². The van der Waals surface area contributed by atoms with Crippen LogP contribution in [0.1, 0.15) is 107 Å². The number of aliphatic hydroxyl groups is 3. The van der Waals surface area contributed by atoms with Crippen LogP contribution in [0.2, 0.25) is 0 Å². The lowest BCUT2D eigenvalue weighted by Crippen LogP contribution is -2.46. The molecule has 6 heterocycles. The average molecular weight is 1170 g/mol. The number of nitrogens with one attached hydrogen (secondary N) is 1.